The van der Waals surface area contributed by atoms with Gasteiger partial charge in [-0.2, -0.15) is 0 Å². The van der Waals surface area contributed by atoms with Crippen molar-refractivity contribution in [2.75, 3.05) is 0 Å². The molecule has 76 valence electrons. The fourth-order valence-corrected chi connectivity index (χ4v) is 3.16. The molecule has 0 spiro atoms. The molecule has 14 heavy (non-hydrogen) atoms. The summed E-state index contributed by atoms with van der Waals surface area (Å²) < 4.78 is 0. The maximum Gasteiger partial charge on any atom is 0.0775 e. The van der Waals surface area contributed by atoms with Crippen LogP contribution in [0.15, 0.2) is 24.3 Å². The topological polar surface area (TPSA) is 0 Å². The van der Waals surface area contributed by atoms with Crippen molar-refractivity contribution in [1.82, 2.24) is 0 Å². The van der Waals surface area contributed by atoms with Crippen molar-refractivity contribution in [3.05, 3.63) is 29.8 Å². The van der Waals surface area contributed by atoms with E-state index in [2.05, 4.69) is 43.9 Å². The Morgan fingerprint density at radius 2 is 1.57 bits per heavy atom. The van der Waals surface area contributed by atoms with Crippen LogP contribution in [0, 0.1) is 0 Å². The normalized spacial score (nSPS) is 17.9. The molecule has 0 radical (unpaired) electrons. The van der Waals surface area contributed by atoms with E-state index in [1.165, 1.54) is 19.3 Å². The second kappa shape index (κ2) is 3.54. The van der Waals surface area contributed by atoms with Gasteiger partial charge in [0.05, 0.1) is 8.07 Å². The summed E-state index contributed by atoms with van der Waals surface area (Å²) in [6, 6.07) is 9.44. The Kier molecular flexibility index (Phi) is 2.52. The zero-order valence-electron chi connectivity index (χ0n) is 9.51. The van der Waals surface area contributed by atoms with Crippen LogP contribution in [0.5, 0.6) is 0 Å². The lowest BCUT2D eigenvalue weighted by Gasteiger charge is -2.26. The minimum atomic E-state index is -1.08. The quantitative estimate of drug-likeness (QED) is 0.647. The van der Waals surface area contributed by atoms with Gasteiger partial charge in [-0.25, -0.2) is 0 Å². The van der Waals surface area contributed by atoms with E-state index < -0.39 is 8.07 Å². The summed E-state index contributed by atoms with van der Waals surface area (Å²) in [6.45, 7) is 7.22. The molecule has 1 aromatic rings. The molecule has 0 saturated heterocycles. The summed E-state index contributed by atoms with van der Waals surface area (Å²) in [5, 5.41) is 1.58. The molecule has 0 nitrogen and oxygen atoms in total. The summed E-state index contributed by atoms with van der Waals surface area (Å²) in [7, 11) is -1.08. The highest BCUT2D eigenvalue weighted by molar-refractivity contribution is 6.88. The Morgan fingerprint density at radius 1 is 1.00 bits per heavy atom. The highest BCUT2D eigenvalue weighted by atomic mass is 28.3. The molecule has 1 fully saturated rings. The fourth-order valence-electron chi connectivity index (χ4n) is 2.00. The number of hydrogen-bond donors (Lipinski definition) is 0. The Bertz CT molecular complexity index is 301. The molecular formula is C13H20Si. The molecule has 0 aliphatic heterocycles. The molecule has 0 amide bonds. The zero-order valence-corrected chi connectivity index (χ0v) is 10.5. The van der Waals surface area contributed by atoms with Gasteiger partial charge in [-0.3, -0.25) is 0 Å². The maximum absolute atomic E-state index is 2.41. The van der Waals surface area contributed by atoms with Crippen LogP contribution in [0.3, 0.4) is 0 Å². The van der Waals surface area contributed by atoms with E-state index in [4.69, 9.17) is 0 Å². The van der Waals surface area contributed by atoms with Crippen molar-refractivity contribution in [2.45, 2.75) is 44.8 Å². The van der Waals surface area contributed by atoms with Gasteiger partial charge in [-0.15, -0.1) is 0 Å². The van der Waals surface area contributed by atoms with E-state index in [1.54, 1.807) is 10.8 Å². The molecule has 0 atom stereocenters. The van der Waals surface area contributed by atoms with E-state index in [9.17, 15) is 0 Å². The van der Waals surface area contributed by atoms with Gasteiger partial charge in [-0.05, 0) is 24.3 Å². The second-order valence-electron chi connectivity index (χ2n) is 5.50. The molecule has 1 aliphatic carbocycles. The number of hydrogen-bond acceptors (Lipinski definition) is 0. The van der Waals surface area contributed by atoms with Crippen LogP contribution in [-0.4, -0.2) is 8.07 Å². The van der Waals surface area contributed by atoms with Crippen molar-refractivity contribution in [1.29, 1.82) is 0 Å². The average Bonchev–Trinajstić information content (AvgIpc) is 2.00. The smallest absolute Gasteiger partial charge is 0.0656 e. The standard InChI is InChI=1S/C13H20Si/c1-14(2,3)13-9-7-12(8-10-13)11-5-4-6-11/h7-11H,4-6H2,1-3H3. The molecule has 1 heteroatoms. The van der Waals surface area contributed by atoms with E-state index in [0.29, 0.717) is 0 Å². The predicted molar refractivity (Wildman–Crippen MR) is 66.0 cm³/mol. The molecule has 0 aromatic heterocycles. The van der Waals surface area contributed by atoms with Gasteiger partial charge in [0.2, 0.25) is 0 Å². The van der Waals surface area contributed by atoms with Gasteiger partial charge in [0.1, 0.15) is 0 Å². The fraction of sp³-hybridized carbons (Fsp3) is 0.538. The van der Waals surface area contributed by atoms with E-state index in [-0.39, 0.29) is 0 Å². The Hall–Kier alpha value is -0.563. The maximum atomic E-state index is 2.41. The zero-order chi connectivity index (χ0) is 10.2. The molecule has 0 N–H and O–H groups in total. The monoisotopic (exact) mass is 204 g/mol. The van der Waals surface area contributed by atoms with Crippen LogP contribution in [0.1, 0.15) is 30.7 Å². The summed E-state index contributed by atoms with van der Waals surface area (Å²) >= 11 is 0. The lowest BCUT2D eigenvalue weighted by molar-refractivity contribution is 0.420. The van der Waals surface area contributed by atoms with Crippen molar-refractivity contribution >= 4 is 13.3 Å². The van der Waals surface area contributed by atoms with Gasteiger partial charge in [0.15, 0.2) is 0 Å². The van der Waals surface area contributed by atoms with Crippen molar-refractivity contribution in [3.8, 4) is 0 Å². The minimum Gasteiger partial charge on any atom is -0.0656 e. The SMILES string of the molecule is C[Si](C)(C)c1ccc(C2CCC2)cc1. The van der Waals surface area contributed by atoms with Gasteiger partial charge < -0.3 is 0 Å². The summed E-state index contributed by atoms with van der Waals surface area (Å²) in [6.07, 6.45) is 4.25. The number of rotatable bonds is 2. The van der Waals surface area contributed by atoms with Crippen molar-refractivity contribution in [3.63, 3.8) is 0 Å². The van der Waals surface area contributed by atoms with Gasteiger partial charge in [-0.1, -0.05) is 55.5 Å². The Morgan fingerprint density at radius 3 is 1.93 bits per heavy atom. The molecule has 0 unspecified atom stereocenters. The summed E-state index contributed by atoms with van der Waals surface area (Å²) in [5.41, 5.74) is 1.57. The van der Waals surface area contributed by atoms with Gasteiger partial charge >= 0.3 is 0 Å². The first-order valence-corrected chi connectivity index (χ1v) is 9.18. The first kappa shape index (κ1) is 9.97. The van der Waals surface area contributed by atoms with Crippen LogP contribution in [0.4, 0.5) is 0 Å². The highest BCUT2D eigenvalue weighted by Crippen LogP contribution is 2.35. The second-order valence-corrected chi connectivity index (χ2v) is 10.6. The molecular weight excluding hydrogens is 184 g/mol. The summed E-state index contributed by atoms with van der Waals surface area (Å²) in [5.74, 6) is 0.880. The lowest BCUT2D eigenvalue weighted by Crippen LogP contribution is -2.37. The molecule has 1 saturated carbocycles. The molecule has 2 rings (SSSR count). The van der Waals surface area contributed by atoms with E-state index in [1.807, 2.05) is 0 Å². The van der Waals surface area contributed by atoms with Crippen LogP contribution in [0.2, 0.25) is 19.6 Å². The van der Waals surface area contributed by atoms with Crippen molar-refractivity contribution < 1.29 is 0 Å². The molecule has 0 heterocycles. The van der Waals surface area contributed by atoms with Crippen LogP contribution >= 0.6 is 0 Å². The molecule has 1 aromatic carbocycles. The summed E-state index contributed by atoms with van der Waals surface area (Å²) in [4.78, 5) is 0. The van der Waals surface area contributed by atoms with Crippen LogP contribution in [0.25, 0.3) is 0 Å². The molecule has 1 aliphatic rings. The Labute approximate surface area is 88.4 Å². The van der Waals surface area contributed by atoms with Crippen LogP contribution < -0.4 is 5.19 Å². The molecule has 0 bridgehead atoms. The first-order valence-electron chi connectivity index (χ1n) is 5.68. The number of benzene rings is 1. The lowest BCUT2D eigenvalue weighted by atomic mass is 9.80. The predicted octanol–water partition coefficient (Wildman–Crippen LogP) is 3.50. The van der Waals surface area contributed by atoms with Gasteiger partial charge in [0, 0.05) is 0 Å². The third-order valence-corrected chi connectivity index (χ3v) is 5.42. The average molecular weight is 204 g/mol. The highest BCUT2D eigenvalue weighted by Gasteiger charge is 2.20. The van der Waals surface area contributed by atoms with Crippen molar-refractivity contribution in [2.24, 2.45) is 0 Å². The third-order valence-electron chi connectivity index (χ3n) is 3.35. The van der Waals surface area contributed by atoms with E-state index in [0.717, 1.165) is 5.92 Å². The largest absolute Gasteiger partial charge is 0.0775 e. The first-order chi connectivity index (χ1) is 6.57. The third kappa shape index (κ3) is 1.93. The van der Waals surface area contributed by atoms with Gasteiger partial charge in [0.25, 0.3) is 0 Å². The van der Waals surface area contributed by atoms with Crippen LogP contribution in [-0.2, 0) is 0 Å². The minimum absolute atomic E-state index is 0.880. The van der Waals surface area contributed by atoms with E-state index >= 15 is 0 Å². The Balaban J connectivity index is 2.17.